The van der Waals surface area contributed by atoms with Gasteiger partial charge in [0.15, 0.2) is 0 Å². The number of rotatable bonds is 55. The van der Waals surface area contributed by atoms with E-state index in [4.69, 9.17) is 9.05 Å². The predicted molar refractivity (Wildman–Crippen MR) is 293 cm³/mol. The van der Waals surface area contributed by atoms with Crippen LogP contribution in [0, 0.1) is 0 Å². The highest BCUT2D eigenvalue weighted by Crippen LogP contribution is 2.38. The number of quaternary nitrogens is 1. The zero-order valence-corrected chi connectivity index (χ0v) is 47.0. The van der Waals surface area contributed by atoms with Gasteiger partial charge >= 0.3 is 0 Å². The third kappa shape index (κ3) is 52.8. The molecule has 3 unspecified atom stereocenters. The van der Waals surface area contributed by atoms with Crippen LogP contribution in [-0.2, 0) is 18.4 Å². The first-order valence-electron chi connectivity index (χ1n) is 29.7. The van der Waals surface area contributed by atoms with E-state index in [0.717, 1.165) is 38.5 Å². The van der Waals surface area contributed by atoms with E-state index in [9.17, 15) is 19.4 Å². The van der Waals surface area contributed by atoms with E-state index < -0.39 is 20.0 Å². The number of amides is 1. The van der Waals surface area contributed by atoms with E-state index in [1.807, 2.05) is 27.2 Å². The van der Waals surface area contributed by atoms with Gasteiger partial charge < -0.3 is 28.8 Å². The van der Waals surface area contributed by atoms with Crippen LogP contribution in [0.5, 0.6) is 0 Å². The number of allylic oxidation sites excluding steroid dienone is 3. The zero-order valence-electron chi connectivity index (χ0n) is 46.1. The Hall–Kier alpha value is -1.02. The number of aliphatic hydroxyl groups excluding tert-OH is 1. The largest absolute Gasteiger partial charge is 0.756 e. The first-order chi connectivity index (χ1) is 33.0. The molecule has 8 nitrogen and oxygen atoms in total. The topological polar surface area (TPSA) is 108 Å². The SMILES string of the molecule is CCCCCCCCCCCCCC/C=C\CCCCCCCCCCC(=O)NC(COP(=O)([O-])OCC[N+](C)(C)C)C(O)/C=C/CCCCCCCCCCCCCCCCCCCCCC. The van der Waals surface area contributed by atoms with Crippen molar-refractivity contribution in [2.75, 3.05) is 40.9 Å². The third-order valence-electron chi connectivity index (χ3n) is 13.7. The second-order valence-corrected chi connectivity index (χ2v) is 23.1. The van der Waals surface area contributed by atoms with E-state index in [1.54, 1.807) is 6.08 Å². The summed E-state index contributed by atoms with van der Waals surface area (Å²) < 4.78 is 23.4. The first-order valence-corrected chi connectivity index (χ1v) is 31.2. The average molecular weight is 982 g/mol. The van der Waals surface area contributed by atoms with E-state index >= 15 is 0 Å². The Morgan fingerprint density at radius 2 is 0.809 bits per heavy atom. The summed E-state index contributed by atoms with van der Waals surface area (Å²) >= 11 is 0. The molecule has 0 aromatic carbocycles. The number of unbranched alkanes of at least 4 members (excludes halogenated alkanes) is 40. The molecule has 0 saturated heterocycles. The van der Waals surface area contributed by atoms with E-state index in [-0.39, 0.29) is 19.1 Å². The van der Waals surface area contributed by atoms with Gasteiger partial charge in [0, 0.05) is 6.42 Å². The summed E-state index contributed by atoms with van der Waals surface area (Å²) in [5.74, 6) is -0.196. The van der Waals surface area contributed by atoms with Crippen molar-refractivity contribution in [1.82, 2.24) is 5.32 Å². The molecule has 0 aliphatic rings. The van der Waals surface area contributed by atoms with Crippen LogP contribution in [0.1, 0.15) is 296 Å². The lowest BCUT2D eigenvalue weighted by atomic mass is 10.0. The predicted octanol–water partition coefficient (Wildman–Crippen LogP) is 17.4. The Morgan fingerprint density at radius 3 is 1.15 bits per heavy atom. The maximum absolute atomic E-state index is 13.0. The molecule has 0 saturated carbocycles. The van der Waals surface area contributed by atoms with E-state index in [0.29, 0.717) is 17.4 Å². The summed E-state index contributed by atoms with van der Waals surface area (Å²) in [6.45, 7) is 4.69. The van der Waals surface area contributed by atoms with Crippen molar-refractivity contribution in [3.63, 3.8) is 0 Å². The maximum atomic E-state index is 13.0. The van der Waals surface area contributed by atoms with Gasteiger partial charge in [-0.3, -0.25) is 9.36 Å². The van der Waals surface area contributed by atoms with Crippen molar-refractivity contribution in [2.45, 2.75) is 309 Å². The number of hydrogen-bond acceptors (Lipinski definition) is 6. The quantitative estimate of drug-likeness (QED) is 0.0272. The normalized spacial score (nSPS) is 14.0. The molecule has 0 aliphatic heterocycles. The number of hydrogen-bond donors (Lipinski definition) is 2. The number of phosphoric acid groups is 1. The molecule has 2 N–H and O–H groups in total. The number of nitrogens with one attached hydrogen (secondary N) is 1. The molecule has 0 fully saturated rings. The summed E-state index contributed by atoms with van der Waals surface area (Å²) in [6, 6.07) is -0.887. The van der Waals surface area contributed by atoms with Crippen LogP contribution in [0.3, 0.4) is 0 Å². The van der Waals surface area contributed by atoms with Crippen LogP contribution in [0.15, 0.2) is 24.3 Å². The molecule has 0 spiro atoms. The Morgan fingerprint density at radius 1 is 0.500 bits per heavy atom. The van der Waals surface area contributed by atoms with Gasteiger partial charge in [-0.1, -0.05) is 269 Å². The Bertz CT molecular complexity index is 1160. The number of carbonyl (C=O) groups excluding carboxylic acids is 1. The van der Waals surface area contributed by atoms with E-state index in [1.165, 1.54) is 238 Å². The van der Waals surface area contributed by atoms with Crippen molar-refractivity contribution in [1.29, 1.82) is 0 Å². The summed E-state index contributed by atoms with van der Waals surface area (Å²) in [5.41, 5.74) is 0. The number of nitrogens with zero attached hydrogens (tertiary/aromatic N) is 1. The second kappa shape index (κ2) is 50.9. The molecule has 1 amide bonds. The van der Waals surface area contributed by atoms with Gasteiger partial charge in [-0.15, -0.1) is 0 Å². The lowest BCUT2D eigenvalue weighted by Crippen LogP contribution is -2.45. The number of aliphatic hydroxyl groups is 1. The van der Waals surface area contributed by atoms with E-state index in [2.05, 4.69) is 31.3 Å². The van der Waals surface area contributed by atoms with Gasteiger partial charge in [-0.05, 0) is 44.9 Å². The van der Waals surface area contributed by atoms with Gasteiger partial charge in [-0.2, -0.15) is 0 Å². The summed E-state index contributed by atoms with van der Waals surface area (Å²) in [6.07, 6.45) is 64.0. The molecule has 0 aromatic rings. The lowest BCUT2D eigenvalue weighted by Gasteiger charge is -2.29. The number of carbonyl (C=O) groups is 1. The fraction of sp³-hybridized carbons (Fsp3) is 0.915. The highest BCUT2D eigenvalue weighted by Gasteiger charge is 2.23. The van der Waals surface area contributed by atoms with Gasteiger partial charge in [0.1, 0.15) is 13.2 Å². The molecule has 0 rings (SSSR count). The highest BCUT2D eigenvalue weighted by molar-refractivity contribution is 7.45. The van der Waals surface area contributed by atoms with Crippen LogP contribution < -0.4 is 10.2 Å². The molecule has 404 valence electrons. The monoisotopic (exact) mass is 981 g/mol. The summed E-state index contributed by atoms with van der Waals surface area (Å²) in [5, 5.41) is 13.9. The van der Waals surface area contributed by atoms with Crippen LogP contribution in [0.25, 0.3) is 0 Å². The zero-order chi connectivity index (χ0) is 49.9. The molecule has 9 heteroatoms. The van der Waals surface area contributed by atoms with Crippen molar-refractivity contribution >= 4 is 13.7 Å². The van der Waals surface area contributed by atoms with Crippen LogP contribution in [0.2, 0.25) is 0 Å². The fourth-order valence-electron chi connectivity index (χ4n) is 8.97. The first kappa shape index (κ1) is 67.0. The second-order valence-electron chi connectivity index (χ2n) is 21.7. The van der Waals surface area contributed by atoms with Crippen molar-refractivity contribution in [2.24, 2.45) is 0 Å². The number of phosphoric ester groups is 1. The molecule has 68 heavy (non-hydrogen) atoms. The minimum atomic E-state index is -4.60. The summed E-state index contributed by atoms with van der Waals surface area (Å²) in [4.78, 5) is 25.5. The van der Waals surface area contributed by atoms with Gasteiger partial charge in [0.25, 0.3) is 7.82 Å². The standard InChI is InChI=1S/C59H117N2O6P/c1-6-8-10-12-14-16-18-20-22-24-26-28-30-31-33-35-37-39-41-43-45-47-49-51-53-59(63)60-57(56-67-68(64,65)66-55-54-61(3,4)5)58(62)52-50-48-46-44-42-40-38-36-34-32-29-27-25-23-21-19-17-15-13-11-9-7-2/h31,33,50,52,57-58,62H,6-30,32,34-49,51,53-56H2,1-5H3,(H-,60,63,64,65)/b33-31-,52-50+. The number of likely N-dealkylation sites (N-methyl/N-ethyl adjacent to an activating group) is 1. The fourth-order valence-corrected chi connectivity index (χ4v) is 9.70. The molecule has 0 bridgehead atoms. The lowest BCUT2D eigenvalue weighted by molar-refractivity contribution is -0.870. The Labute approximate surface area is 424 Å². The smallest absolute Gasteiger partial charge is 0.268 e. The van der Waals surface area contributed by atoms with Crippen LogP contribution in [-0.4, -0.2) is 68.5 Å². The van der Waals surface area contributed by atoms with Crippen LogP contribution in [0.4, 0.5) is 0 Å². The van der Waals surface area contributed by atoms with Gasteiger partial charge in [0.2, 0.25) is 5.91 Å². The molecule has 0 heterocycles. The molecular weight excluding hydrogens is 864 g/mol. The van der Waals surface area contributed by atoms with Crippen molar-refractivity contribution < 1.29 is 32.9 Å². The average Bonchev–Trinajstić information content (AvgIpc) is 3.30. The van der Waals surface area contributed by atoms with Gasteiger partial charge in [-0.25, -0.2) is 0 Å². The minimum Gasteiger partial charge on any atom is -0.756 e. The van der Waals surface area contributed by atoms with Crippen molar-refractivity contribution in [3.8, 4) is 0 Å². The highest BCUT2D eigenvalue weighted by atomic mass is 31.2. The Balaban J connectivity index is 4.19. The molecule has 3 atom stereocenters. The molecule has 0 radical (unpaired) electrons. The molecular formula is C59H117N2O6P. The molecule has 0 aliphatic carbocycles. The molecule has 0 aromatic heterocycles. The van der Waals surface area contributed by atoms with Crippen LogP contribution >= 0.6 is 7.82 Å². The third-order valence-corrected chi connectivity index (χ3v) is 14.6. The Kier molecular flexibility index (Phi) is 50.1. The van der Waals surface area contributed by atoms with Crippen molar-refractivity contribution in [3.05, 3.63) is 24.3 Å². The summed E-state index contributed by atoms with van der Waals surface area (Å²) in [7, 11) is 1.27. The minimum absolute atomic E-state index is 0.000142. The van der Waals surface area contributed by atoms with Gasteiger partial charge in [0.05, 0.1) is 39.9 Å². The maximum Gasteiger partial charge on any atom is 0.268 e.